The average Bonchev–Trinajstić information content (AvgIpc) is 2.89. The maximum absolute atomic E-state index is 13.2. The van der Waals surface area contributed by atoms with Gasteiger partial charge in [-0.25, -0.2) is 4.90 Å². The molecule has 30 heavy (non-hydrogen) atoms. The molecular formula is C21H16Cl2F3NO3. The summed E-state index contributed by atoms with van der Waals surface area (Å²) in [5.41, 5.74) is -1.17. The van der Waals surface area contributed by atoms with Crippen LogP contribution in [0.25, 0.3) is 5.57 Å². The third-order valence-corrected chi connectivity index (χ3v) is 4.95. The minimum absolute atomic E-state index is 0.0967. The van der Waals surface area contributed by atoms with Gasteiger partial charge in [0.05, 0.1) is 28.5 Å². The molecule has 158 valence electrons. The van der Waals surface area contributed by atoms with Gasteiger partial charge in [0.15, 0.2) is 0 Å². The van der Waals surface area contributed by atoms with E-state index in [9.17, 15) is 22.8 Å². The molecule has 0 saturated carbocycles. The lowest BCUT2D eigenvalue weighted by molar-refractivity contribution is -0.137. The number of hydrogen-bond acceptors (Lipinski definition) is 3. The van der Waals surface area contributed by atoms with Crippen LogP contribution in [0.2, 0.25) is 5.02 Å². The number of nitrogens with zero attached hydrogens (tertiary/aromatic N) is 1. The molecule has 0 fully saturated rings. The molecule has 9 heteroatoms. The minimum Gasteiger partial charge on any atom is -0.493 e. The fourth-order valence-corrected chi connectivity index (χ4v) is 3.34. The lowest BCUT2D eigenvalue weighted by Crippen LogP contribution is -2.31. The van der Waals surface area contributed by atoms with Crippen molar-refractivity contribution in [2.24, 2.45) is 5.92 Å². The fraction of sp³-hybridized carbons (Fsp3) is 0.238. The van der Waals surface area contributed by atoms with Crippen LogP contribution in [0.3, 0.4) is 0 Å². The molecule has 0 unspecified atom stereocenters. The Kier molecular flexibility index (Phi) is 6.15. The number of alkyl halides is 3. The second-order valence-electron chi connectivity index (χ2n) is 7.03. The molecule has 0 radical (unpaired) electrons. The van der Waals surface area contributed by atoms with Crippen LogP contribution in [0.15, 0.2) is 47.5 Å². The number of rotatable bonds is 5. The second kappa shape index (κ2) is 8.32. The van der Waals surface area contributed by atoms with E-state index in [1.807, 2.05) is 13.8 Å². The van der Waals surface area contributed by atoms with Crippen LogP contribution in [0.4, 0.5) is 18.9 Å². The molecule has 0 spiro atoms. The zero-order chi connectivity index (χ0) is 22.2. The van der Waals surface area contributed by atoms with Crippen molar-refractivity contribution >= 4 is 46.3 Å². The second-order valence-corrected chi connectivity index (χ2v) is 7.81. The number of halogens is 5. The van der Waals surface area contributed by atoms with E-state index in [1.165, 1.54) is 0 Å². The Morgan fingerprint density at radius 1 is 1.00 bits per heavy atom. The van der Waals surface area contributed by atoms with E-state index in [4.69, 9.17) is 27.9 Å². The van der Waals surface area contributed by atoms with Crippen molar-refractivity contribution in [3.8, 4) is 5.75 Å². The van der Waals surface area contributed by atoms with Gasteiger partial charge in [0.25, 0.3) is 11.8 Å². The third-order valence-electron chi connectivity index (χ3n) is 4.27. The van der Waals surface area contributed by atoms with Crippen LogP contribution < -0.4 is 9.64 Å². The van der Waals surface area contributed by atoms with Crippen LogP contribution in [0, 0.1) is 5.92 Å². The molecule has 0 atom stereocenters. The highest BCUT2D eigenvalue weighted by Gasteiger charge is 2.41. The predicted molar refractivity (Wildman–Crippen MR) is 108 cm³/mol. The van der Waals surface area contributed by atoms with Gasteiger partial charge in [0.1, 0.15) is 10.8 Å². The average molecular weight is 458 g/mol. The van der Waals surface area contributed by atoms with Gasteiger partial charge in [0, 0.05) is 0 Å². The summed E-state index contributed by atoms with van der Waals surface area (Å²) in [7, 11) is 0. The maximum atomic E-state index is 13.2. The van der Waals surface area contributed by atoms with Crippen molar-refractivity contribution in [1.29, 1.82) is 0 Å². The van der Waals surface area contributed by atoms with Crippen molar-refractivity contribution in [2.75, 3.05) is 11.5 Å². The van der Waals surface area contributed by atoms with Crippen molar-refractivity contribution in [3.05, 3.63) is 63.6 Å². The van der Waals surface area contributed by atoms with Gasteiger partial charge in [-0.2, -0.15) is 13.2 Å². The van der Waals surface area contributed by atoms with Crippen LogP contribution in [-0.4, -0.2) is 18.4 Å². The Bertz CT molecular complexity index is 1030. The summed E-state index contributed by atoms with van der Waals surface area (Å²) < 4.78 is 45.0. The summed E-state index contributed by atoms with van der Waals surface area (Å²) in [5.74, 6) is -0.834. The summed E-state index contributed by atoms with van der Waals surface area (Å²) in [6, 6.07) is 9.15. The quantitative estimate of drug-likeness (QED) is 0.523. The van der Waals surface area contributed by atoms with E-state index in [0.717, 1.165) is 12.1 Å². The summed E-state index contributed by atoms with van der Waals surface area (Å²) in [5, 5.41) is -0.916. The van der Waals surface area contributed by atoms with Gasteiger partial charge in [0.2, 0.25) is 0 Å². The lowest BCUT2D eigenvalue weighted by Gasteiger charge is -2.17. The topological polar surface area (TPSA) is 46.6 Å². The van der Waals surface area contributed by atoms with Gasteiger partial charge >= 0.3 is 6.18 Å². The molecular weight excluding hydrogens is 442 g/mol. The monoisotopic (exact) mass is 457 g/mol. The number of anilines is 1. The summed E-state index contributed by atoms with van der Waals surface area (Å²) in [6.45, 7) is 4.50. The van der Waals surface area contributed by atoms with Gasteiger partial charge in [-0.1, -0.05) is 49.2 Å². The van der Waals surface area contributed by atoms with Gasteiger partial charge < -0.3 is 4.74 Å². The first-order chi connectivity index (χ1) is 14.0. The number of carbonyl (C=O) groups excluding carboxylic acids is 2. The molecule has 0 aromatic heterocycles. The molecule has 0 N–H and O–H groups in total. The Morgan fingerprint density at radius 2 is 1.63 bits per heavy atom. The van der Waals surface area contributed by atoms with Crippen LogP contribution in [0.1, 0.15) is 25.0 Å². The van der Waals surface area contributed by atoms with Gasteiger partial charge in [-0.3, -0.25) is 9.59 Å². The number of imide groups is 1. The molecule has 1 aliphatic heterocycles. The summed E-state index contributed by atoms with van der Waals surface area (Å²) in [4.78, 5) is 26.1. The third kappa shape index (κ3) is 4.32. The minimum atomic E-state index is -4.75. The molecule has 0 saturated heterocycles. The number of benzene rings is 2. The highest BCUT2D eigenvalue weighted by atomic mass is 35.5. The highest BCUT2D eigenvalue weighted by molar-refractivity contribution is 6.60. The number of ether oxygens (including phenoxy) is 1. The first-order valence-corrected chi connectivity index (χ1v) is 9.65. The summed E-state index contributed by atoms with van der Waals surface area (Å²) in [6.07, 6.45) is -4.75. The lowest BCUT2D eigenvalue weighted by atomic mass is 10.1. The smallest absolute Gasteiger partial charge is 0.417 e. The van der Waals surface area contributed by atoms with E-state index in [-0.39, 0.29) is 16.3 Å². The largest absolute Gasteiger partial charge is 0.493 e. The van der Waals surface area contributed by atoms with E-state index >= 15 is 0 Å². The van der Waals surface area contributed by atoms with Crippen molar-refractivity contribution in [1.82, 2.24) is 0 Å². The van der Waals surface area contributed by atoms with Gasteiger partial charge in [-0.15, -0.1) is 0 Å². The first kappa shape index (κ1) is 22.2. The van der Waals surface area contributed by atoms with Crippen LogP contribution in [-0.2, 0) is 15.8 Å². The van der Waals surface area contributed by atoms with E-state index in [0.29, 0.717) is 34.8 Å². The van der Waals surface area contributed by atoms with Crippen molar-refractivity contribution in [3.63, 3.8) is 0 Å². The summed E-state index contributed by atoms with van der Waals surface area (Å²) >= 11 is 11.7. The fourth-order valence-electron chi connectivity index (χ4n) is 2.84. The maximum Gasteiger partial charge on any atom is 0.417 e. The van der Waals surface area contributed by atoms with E-state index in [1.54, 1.807) is 24.3 Å². The van der Waals surface area contributed by atoms with Crippen molar-refractivity contribution in [2.45, 2.75) is 20.0 Å². The Balaban J connectivity index is 1.92. The molecule has 1 aliphatic rings. The highest BCUT2D eigenvalue weighted by Crippen LogP contribution is 2.40. The molecule has 2 aromatic carbocycles. The Hall–Kier alpha value is -2.51. The Labute approximate surface area is 180 Å². The molecule has 4 nitrogen and oxygen atoms in total. The molecule has 3 rings (SSSR count). The molecule has 0 bridgehead atoms. The molecule has 2 amide bonds. The SMILES string of the molecule is CC(C)COc1ccc(C2=C(Cl)C(=O)N(c3ccc(Cl)c(C(F)(F)F)c3)C2=O)cc1. The van der Waals surface area contributed by atoms with Crippen molar-refractivity contribution < 1.29 is 27.5 Å². The predicted octanol–water partition coefficient (Wildman–Crippen LogP) is 5.92. The molecule has 1 heterocycles. The van der Waals surface area contributed by atoms with E-state index in [2.05, 4.69) is 0 Å². The molecule has 0 aliphatic carbocycles. The number of carbonyl (C=O) groups is 2. The first-order valence-electron chi connectivity index (χ1n) is 8.89. The van der Waals surface area contributed by atoms with Gasteiger partial charge in [-0.05, 0) is 41.8 Å². The number of hydrogen-bond donors (Lipinski definition) is 0. The zero-order valence-corrected chi connectivity index (χ0v) is 17.4. The number of amides is 2. The van der Waals surface area contributed by atoms with Crippen LogP contribution in [0.5, 0.6) is 5.75 Å². The van der Waals surface area contributed by atoms with Crippen LogP contribution >= 0.6 is 23.2 Å². The Morgan fingerprint density at radius 3 is 2.20 bits per heavy atom. The zero-order valence-electron chi connectivity index (χ0n) is 15.9. The standard InChI is InChI=1S/C21H16Cl2F3NO3/c1-11(2)10-30-14-6-3-12(4-7-14)17-18(23)20(29)27(19(17)28)13-5-8-16(22)15(9-13)21(24,25)26/h3-9,11H,10H2,1-2H3. The normalized spacial score (nSPS) is 14.9. The van der Waals surface area contributed by atoms with E-state index < -0.39 is 28.6 Å². The molecule has 2 aromatic rings.